The van der Waals surface area contributed by atoms with Crippen molar-refractivity contribution in [2.75, 3.05) is 20.3 Å². The van der Waals surface area contributed by atoms with Crippen LogP contribution in [0.5, 0.6) is 0 Å². The van der Waals surface area contributed by atoms with Crippen LogP contribution in [-0.4, -0.2) is 38.3 Å². The molecule has 0 bridgehead atoms. The summed E-state index contributed by atoms with van der Waals surface area (Å²) in [5, 5.41) is 6.44. The van der Waals surface area contributed by atoms with E-state index in [0.717, 1.165) is 6.42 Å². The van der Waals surface area contributed by atoms with E-state index in [1.54, 1.807) is 7.11 Å². The molecule has 1 amide bonds. The van der Waals surface area contributed by atoms with Gasteiger partial charge in [0.05, 0.1) is 6.04 Å². The molecule has 1 aliphatic carbocycles. The van der Waals surface area contributed by atoms with Crippen LogP contribution in [0.4, 0.5) is 0 Å². The summed E-state index contributed by atoms with van der Waals surface area (Å²) in [7, 11) is 1.68. The highest BCUT2D eigenvalue weighted by Crippen LogP contribution is 2.17. The SMILES string of the molecule is COCCCNC(=O)C(C)NC1CCCCCCC1. The molecule has 19 heavy (non-hydrogen) atoms. The van der Waals surface area contributed by atoms with E-state index in [-0.39, 0.29) is 11.9 Å². The minimum atomic E-state index is -0.0908. The fraction of sp³-hybridized carbons (Fsp3) is 0.933. The summed E-state index contributed by atoms with van der Waals surface area (Å²) in [5.41, 5.74) is 0. The number of amides is 1. The number of rotatable bonds is 7. The maximum Gasteiger partial charge on any atom is 0.236 e. The van der Waals surface area contributed by atoms with Gasteiger partial charge in [0, 0.05) is 26.3 Å². The van der Waals surface area contributed by atoms with Gasteiger partial charge in [0.25, 0.3) is 0 Å². The van der Waals surface area contributed by atoms with Crippen molar-refractivity contribution in [3.05, 3.63) is 0 Å². The third-order valence-corrected chi connectivity index (χ3v) is 3.81. The molecule has 0 aromatic rings. The van der Waals surface area contributed by atoms with Crippen molar-refractivity contribution < 1.29 is 9.53 Å². The van der Waals surface area contributed by atoms with E-state index in [0.29, 0.717) is 19.2 Å². The monoisotopic (exact) mass is 270 g/mol. The number of methoxy groups -OCH3 is 1. The van der Waals surface area contributed by atoms with E-state index in [1.165, 1.54) is 44.9 Å². The Balaban J connectivity index is 2.19. The predicted octanol–water partition coefficient (Wildman–Crippen LogP) is 2.23. The second-order valence-corrected chi connectivity index (χ2v) is 5.57. The van der Waals surface area contributed by atoms with Gasteiger partial charge in [0.15, 0.2) is 0 Å². The highest BCUT2D eigenvalue weighted by Gasteiger charge is 2.18. The molecule has 4 nitrogen and oxygen atoms in total. The molecule has 0 aromatic carbocycles. The first-order valence-corrected chi connectivity index (χ1v) is 7.76. The van der Waals surface area contributed by atoms with Gasteiger partial charge >= 0.3 is 0 Å². The Labute approximate surface area is 117 Å². The van der Waals surface area contributed by atoms with E-state index in [9.17, 15) is 4.79 Å². The lowest BCUT2D eigenvalue weighted by molar-refractivity contribution is -0.123. The summed E-state index contributed by atoms with van der Waals surface area (Å²) >= 11 is 0. The zero-order valence-electron chi connectivity index (χ0n) is 12.5. The van der Waals surface area contributed by atoms with Crippen LogP contribution in [0.2, 0.25) is 0 Å². The molecular weight excluding hydrogens is 240 g/mol. The van der Waals surface area contributed by atoms with E-state index in [4.69, 9.17) is 4.74 Å². The van der Waals surface area contributed by atoms with Gasteiger partial charge < -0.3 is 15.4 Å². The van der Waals surface area contributed by atoms with Crippen LogP contribution in [0.1, 0.15) is 58.3 Å². The number of nitrogens with one attached hydrogen (secondary N) is 2. The standard InChI is InChI=1S/C15H30N2O2/c1-13(15(18)16-11-8-12-19-2)17-14-9-6-4-3-5-7-10-14/h13-14,17H,3-12H2,1-2H3,(H,16,18). The number of hydrogen-bond donors (Lipinski definition) is 2. The van der Waals surface area contributed by atoms with Gasteiger partial charge in [0.2, 0.25) is 5.91 Å². The van der Waals surface area contributed by atoms with Crippen molar-refractivity contribution in [1.82, 2.24) is 10.6 Å². The minimum Gasteiger partial charge on any atom is -0.385 e. The lowest BCUT2D eigenvalue weighted by Crippen LogP contribution is -2.47. The minimum absolute atomic E-state index is 0.0908. The molecule has 1 rings (SSSR count). The maximum atomic E-state index is 11.9. The summed E-state index contributed by atoms with van der Waals surface area (Å²) in [6, 6.07) is 0.423. The first-order chi connectivity index (χ1) is 9.24. The van der Waals surface area contributed by atoms with Crippen LogP contribution in [0.15, 0.2) is 0 Å². The van der Waals surface area contributed by atoms with Crippen molar-refractivity contribution >= 4 is 5.91 Å². The topological polar surface area (TPSA) is 50.4 Å². The van der Waals surface area contributed by atoms with E-state index in [1.807, 2.05) is 6.92 Å². The molecule has 0 aliphatic heterocycles. The van der Waals surface area contributed by atoms with Gasteiger partial charge in [-0.1, -0.05) is 32.1 Å². The number of hydrogen-bond acceptors (Lipinski definition) is 3. The van der Waals surface area contributed by atoms with Crippen LogP contribution < -0.4 is 10.6 Å². The zero-order valence-corrected chi connectivity index (χ0v) is 12.5. The smallest absolute Gasteiger partial charge is 0.236 e. The second-order valence-electron chi connectivity index (χ2n) is 5.57. The Morgan fingerprint density at radius 3 is 2.47 bits per heavy atom. The van der Waals surface area contributed by atoms with Crippen LogP contribution in [0.3, 0.4) is 0 Å². The molecule has 4 heteroatoms. The van der Waals surface area contributed by atoms with Gasteiger partial charge in [-0.3, -0.25) is 4.79 Å². The van der Waals surface area contributed by atoms with Crippen molar-refractivity contribution in [3.63, 3.8) is 0 Å². The Morgan fingerprint density at radius 2 is 1.84 bits per heavy atom. The molecule has 0 radical (unpaired) electrons. The van der Waals surface area contributed by atoms with Gasteiger partial charge in [-0.05, 0) is 26.2 Å². The Hall–Kier alpha value is -0.610. The Morgan fingerprint density at radius 1 is 1.21 bits per heavy atom. The van der Waals surface area contributed by atoms with Crippen molar-refractivity contribution in [3.8, 4) is 0 Å². The molecule has 1 atom stereocenters. The van der Waals surface area contributed by atoms with E-state index < -0.39 is 0 Å². The zero-order chi connectivity index (χ0) is 13.9. The second kappa shape index (κ2) is 10.2. The molecule has 1 unspecified atom stereocenters. The number of carbonyl (C=O) groups excluding carboxylic acids is 1. The van der Waals surface area contributed by atoms with Crippen molar-refractivity contribution in [1.29, 1.82) is 0 Å². The van der Waals surface area contributed by atoms with E-state index in [2.05, 4.69) is 10.6 Å². The first kappa shape index (κ1) is 16.4. The quantitative estimate of drug-likeness (QED) is 0.698. The highest BCUT2D eigenvalue weighted by atomic mass is 16.5. The normalized spacial score (nSPS) is 19.5. The summed E-state index contributed by atoms with van der Waals surface area (Å²) < 4.78 is 4.96. The van der Waals surface area contributed by atoms with Gasteiger partial charge in [0.1, 0.15) is 0 Å². The summed E-state index contributed by atoms with van der Waals surface area (Å²) in [6.07, 6.45) is 9.94. The Bertz CT molecular complexity index is 238. The van der Waals surface area contributed by atoms with Crippen molar-refractivity contribution in [2.24, 2.45) is 0 Å². The summed E-state index contributed by atoms with van der Waals surface area (Å²) in [5.74, 6) is 0.109. The fourth-order valence-electron chi connectivity index (χ4n) is 2.63. The molecule has 0 saturated heterocycles. The van der Waals surface area contributed by atoms with Crippen molar-refractivity contribution in [2.45, 2.75) is 70.4 Å². The molecule has 0 spiro atoms. The molecule has 1 fully saturated rings. The third-order valence-electron chi connectivity index (χ3n) is 3.81. The summed E-state index contributed by atoms with van der Waals surface area (Å²) in [6.45, 7) is 3.36. The van der Waals surface area contributed by atoms with Gasteiger partial charge in [-0.2, -0.15) is 0 Å². The van der Waals surface area contributed by atoms with Crippen LogP contribution in [0.25, 0.3) is 0 Å². The third kappa shape index (κ3) is 7.53. The number of ether oxygens (including phenoxy) is 1. The highest BCUT2D eigenvalue weighted by molar-refractivity contribution is 5.81. The fourth-order valence-corrected chi connectivity index (χ4v) is 2.63. The lowest BCUT2D eigenvalue weighted by Gasteiger charge is -2.24. The van der Waals surface area contributed by atoms with Crippen LogP contribution in [0, 0.1) is 0 Å². The molecule has 0 aromatic heterocycles. The van der Waals surface area contributed by atoms with Crippen LogP contribution >= 0.6 is 0 Å². The summed E-state index contributed by atoms with van der Waals surface area (Å²) in [4.78, 5) is 11.9. The molecule has 0 heterocycles. The Kier molecular flexibility index (Phi) is 8.84. The molecule has 2 N–H and O–H groups in total. The lowest BCUT2D eigenvalue weighted by atomic mass is 9.96. The molecular formula is C15H30N2O2. The van der Waals surface area contributed by atoms with Crippen LogP contribution in [-0.2, 0) is 9.53 Å². The average Bonchev–Trinajstić information content (AvgIpc) is 2.37. The first-order valence-electron chi connectivity index (χ1n) is 7.76. The molecule has 1 saturated carbocycles. The van der Waals surface area contributed by atoms with Gasteiger partial charge in [-0.15, -0.1) is 0 Å². The average molecular weight is 270 g/mol. The molecule has 1 aliphatic rings. The maximum absolute atomic E-state index is 11.9. The predicted molar refractivity (Wildman–Crippen MR) is 78.2 cm³/mol. The number of carbonyl (C=O) groups is 1. The largest absolute Gasteiger partial charge is 0.385 e. The van der Waals surface area contributed by atoms with Gasteiger partial charge in [-0.25, -0.2) is 0 Å². The molecule has 112 valence electrons. The van der Waals surface area contributed by atoms with E-state index >= 15 is 0 Å².